The van der Waals surface area contributed by atoms with Crippen LogP contribution in [0.5, 0.6) is 0 Å². The largest absolute Gasteiger partial charge is 0.394 e. The zero-order chi connectivity index (χ0) is 50.6. The summed E-state index contributed by atoms with van der Waals surface area (Å²) in [6.45, 7) is -0.737. The molecule has 2 unspecified atom stereocenters. The first-order valence-electron chi connectivity index (χ1n) is 21.6. The fraction of sp³-hybridized carbons (Fsp3) is 0.947. The molecule has 0 spiro atoms. The van der Waals surface area contributed by atoms with Crippen molar-refractivity contribution in [1.82, 2.24) is 5.32 Å². The molecule has 5 saturated heterocycles. The van der Waals surface area contributed by atoms with Gasteiger partial charge in [-0.25, -0.2) is 0 Å². The van der Waals surface area contributed by atoms with E-state index in [9.17, 15) is 96.4 Å². The number of aliphatic hydroxyl groups excluding tert-OH is 17. The van der Waals surface area contributed by atoms with Crippen LogP contribution in [0.1, 0.15) is 20.8 Å². The molecule has 30 nitrogen and oxygen atoms in total. The van der Waals surface area contributed by atoms with Crippen LogP contribution in [0.2, 0.25) is 0 Å². The van der Waals surface area contributed by atoms with Crippen molar-refractivity contribution in [3.63, 3.8) is 0 Å². The Balaban J connectivity index is 1.58. The van der Waals surface area contributed by atoms with E-state index in [1.54, 1.807) is 0 Å². The molecular formula is C38H65NO29. The third-order valence-corrected chi connectivity index (χ3v) is 12.3. The van der Waals surface area contributed by atoms with E-state index in [0.29, 0.717) is 0 Å². The van der Waals surface area contributed by atoms with Crippen molar-refractivity contribution < 1.29 is 144 Å². The van der Waals surface area contributed by atoms with Crippen molar-refractivity contribution in [3.8, 4) is 0 Å². The second-order valence-corrected chi connectivity index (χ2v) is 17.1. The second-order valence-electron chi connectivity index (χ2n) is 17.1. The molecule has 0 aromatic heterocycles. The van der Waals surface area contributed by atoms with Crippen LogP contribution in [-0.2, 0) is 57.0 Å². The standard InChI is InChI=1S/C38H65NO29/c1-9-18(48)23(53)26(56)35(59-9)65-30-16(8-44)63-34(67-32-22(52)15(7-43)61-37(28(32)58)64-29(13(47)5-41)20(50)12(46)4-40)17(39-11(3)45)31(30)66-38-33(25(55)21(51)14(6-42)62-38)68-36-27(57)24(54)19(49)10(2)60-36/h4,9-10,12-38,41-44,46-58H,5-8H2,1-3H3,(H,39,45)/t9-,10-,12-,13+,14+,15+,16+,17+,18+,19+,20+,21-,22+,23?,24?,25-,26-,27-,28+,29+,30+,31+,32+,33+,34-,35-,36-,37-,38-/m0/s1. The fourth-order valence-electron chi connectivity index (χ4n) is 8.32. The van der Waals surface area contributed by atoms with Crippen molar-refractivity contribution >= 4 is 12.2 Å². The van der Waals surface area contributed by atoms with Gasteiger partial charge >= 0.3 is 0 Å². The molecule has 5 aliphatic heterocycles. The molecule has 0 bridgehead atoms. The van der Waals surface area contributed by atoms with Crippen LogP contribution in [0.25, 0.3) is 0 Å². The average Bonchev–Trinajstić information content (AvgIpc) is 3.31. The van der Waals surface area contributed by atoms with Crippen LogP contribution in [0, 0.1) is 0 Å². The van der Waals surface area contributed by atoms with Gasteiger partial charge in [0.1, 0.15) is 134 Å². The van der Waals surface area contributed by atoms with Crippen molar-refractivity contribution in [1.29, 1.82) is 0 Å². The van der Waals surface area contributed by atoms with Crippen LogP contribution < -0.4 is 5.32 Å². The molecule has 18 N–H and O–H groups in total. The molecule has 29 atom stereocenters. The predicted octanol–water partition coefficient (Wildman–Crippen LogP) is -12.1. The van der Waals surface area contributed by atoms with Crippen molar-refractivity contribution in [3.05, 3.63) is 0 Å². The smallest absolute Gasteiger partial charge is 0.217 e. The van der Waals surface area contributed by atoms with Crippen molar-refractivity contribution in [2.45, 2.75) is 199 Å². The molecule has 0 saturated carbocycles. The normalized spacial score (nSPS) is 47.7. The lowest BCUT2D eigenvalue weighted by atomic mass is 9.93. The predicted molar refractivity (Wildman–Crippen MR) is 209 cm³/mol. The number of hydrogen-bond acceptors (Lipinski definition) is 29. The van der Waals surface area contributed by atoms with Crippen LogP contribution in [0.4, 0.5) is 0 Å². The number of aliphatic hydroxyl groups is 17. The van der Waals surface area contributed by atoms with Crippen LogP contribution in [0.15, 0.2) is 0 Å². The van der Waals surface area contributed by atoms with E-state index in [4.69, 9.17) is 47.4 Å². The van der Waals surface area contributed by atoms with Crippen molar-refractivity contribution in [2.24, 2.45) is 0 Å². The summed E-state index contributed by atoms with van der Waals surface area (Å²) in [6.07, 6.45) is -54.3. The summed E-state index contributed by atoms with van der Waals surface area (Å²) >= 11 is 0. The molecule has 5 rings (SSSR count). The lowest BCUT2D eigenvalue weighted by molar-refractivity contribution is -0.399. The third kappa shape index (κ3) is 12.3. The van der Waals surface area contributed by atoms with Gasteiger partial charge in [0.05, 0.1) is 38.6 Å². The Labute approximate surface area is 386 Å². The molecule has 0 aromatic rings. The summed E-state index contributed by atoms with van der Waals surface area (Å²) in [5.74, 6) is -0.921. The van der Waals surface area contributed by atoms with Crippen LogP contribution >= 0.6 is 0 Å². The van der Waals surface area contributed by atoms with E-state index in [1.165, 1.54) is 13.8 Å². The highest BCUT2D eigenvalue weighted by Gasteiger charge is 2.58. The van der Waals surface area contributed by atoms with Gasteiger partial charge in [-0.2, -0.15) is 0 Å². The Bertz CT molecular complexity index is 1580. The van der Waals surface area contributed by atoms with E-state index < -0.39 is 210 Å². The number of nitrogens with one attached hydrogen (secondary N) is 1. The van der Waals surface area contributed by atoms with Gasteiger partial charge in [0.2, 0.25) is 5.91 Å². The van der Waals surface area contributed by atoms with E-state index in [1.807, 2.05) is 0 Å². The van der Waals surface area contributed by atoms with Gasteiger partial charge in [-0.15, -0.1) is 0 Å². The minimum absolute atomic E-state index is 0.138. The minimum Gasteiger partial charge on any atom is -0.394 e. The number of carbonyl (C=O) groups excluding carboxylic acids is 2. The Morgan fingerprint density at radius 1 is 0.529 bits per heavy atom. The number of aldehydes is 1. The van der Waals surface area contributed by atoms with E-state index in [2.05, 4.69) is 5.32 Å². The molecule has 5 fully saturated rings. The molecule has 396 valence electrons. The maximum Gasteiger partial charge on any atom is 0.217 e. The first-order valence-corrected chi connectivity index (χ1v) is 21.6. The van der Waals surface area contributed by atoms with Gasteiger partial charge < -0.3 is 144 Å². The first kappa shape index (κ1) is 57.0. The topological polar surface area (TPSA) is 482 Å². The Morgan fingerprint density at radius 2 is 1.00 bits per heavy atom. The third-order valence-electron chi connectivity index (χ3n) is 12.3. The summed E-state index contributed by atoms with van der Waals surface area (Å²) in [5.41, 5.74) is 0. The van der Waals surface area contributed by atoms with Gasteiger partial charge in [0, 0.05) is 6.92 Å². The highest BCUT2D eigenvalue weighted by Crippen LogP contribution is 2.37. The number of carbonyl (C=O) groups is 2. The Morgan fingerprint density at radius 3 is 1.50 bits per heavy atom. The fourth-order valence-corrected chi connectivity index (χ4v) is 8.32. The molecular weight excluding hydrogens is 934 g/mol. The van der Waals surface area contributed by atoms with Gasteiger partial charge in [-0.1, -0.05) is 0 Å². The average molecular weight is 1000 g/mol. The minimum atomic E-state index is -2.29. The quantitative estimate of drug-likeness (QED) is 0.0534. The molecule has 30 heteroatoms. The molecule has 1 amide bonds. The zero-order valence-corrected chi connectivity index (χ0v) is 36.7. The lowest BCUT2D eigenvalue weighted by Gasteiger charge is -2.52. The summed E-state index contributed by atoms with van der Waals surface area (Å²) in [4.78, 5) is 24.3. The van der Waals surface area contributed by atoms with Gasteiger partial charge in [-0.3, -0.25) is 4.79 Å². The summed E-state index contributed by atoms with van der Waals surface area (Å²) < 4.78 is 58.3. The van der Waals surface area contributed by atoms with Crippen molar-refractivity contribution in [2.75, 3.05) is 26.4 Å². The van der Waals surface area contributed by atoms with Gasteiger partial charge in [0.15, 0.2) is 37.7 Å². The summed E-state index contributed by atoms with van der Waals surface area (Å²) in [5, 5.41) is 183. The second kappa shape index (κ2) is 24.7. The first-order chi connectivity index (χ1) is 32.0. The molecule has 0 radical (unpaired) electrons. The molecule has 0 aromatic carbocycles. The number of hydrogen-bond donors (Lipinski definition) is 18. The van der Waals surface area contributed by atoms with E-state index in [-0.39, 0.29) is 6.29 Å². The SMILES string of the molecule is CC(=O)N[C@H]1[C@H](O[C@H]2[C@@H](O)[C@H](O[C@@H]([C@H](O)[C@@H](O)C=O)[C@H](O)CO)O[C@H](CO)[C@H]2O)O[C@H](CO)[C@@H](O[C@@H]2O[C@@H](C)[C@@H](O)C(O)[C@@H]2O)[C@@H]1O[C@@H]1O[C@H](CO)[C@H](O)[C@H](O)[C@H]1O[C@@H]1O[C@@H](C)[C@@H](O)C(O)[C@@H]1O. The van der Waals surface area contributed by atoms with Gasteiger partial charge in [-0.05, 0) is 13.8 Å². The highest BCUT2D eigenvalue weighted by molar-refractivity contribution is 5.73. The van der Waals surface area contributed by atoms with E-state index >= 15 is 0 Å². The molecule has 5 aliphatic rings. The molecule has 68 heavy (non-hydrogen) atoms. The van der Waals surface area contributed by atoms with Gasteiger partial charge in [0.25, 0.3) is 0 Å². The van der Waals surface area contributed by atoms with Crippen LogP contribution in [-0.4, -0.2) is 303 Å². The van der Waals surface area contributed by atoms with Crippen LogP contribution in [0.3, 0.4) is 0 Å². The highest BCUT2D eigenvalue weighted by atomic mass is 16.8. The monoisotopic (exact) mass is 999 g/mol. The maximum atomic E-state index is 13.1. The maximum absolute atomic E-state index is 13.1. The molecule has 5 heterocycles. The summed E-state index contributed by atoms with van der Waals surface area (Å²) in [6, 6.07) is -1.90. The Kier molecular flexibility index (Phi) is 20.7. The zero-order valence-electron chi connectivity index (χ0n) is 36.7. The Hall–Kier alpha value is -1.94. The number of rotatable bonds is 19. The van der Waals surface area contributed by atoms with E-state index in [0.717, 1.165) is 6.92 Å². The lowest BCUT2D eigenvalue weighted by Crippen LogP contribution is -2.71. The number of ether oxygens (including phenoxy) is 10. The molecule has 0 aliphatic carbocycles. The summed E-state index contributed by atoms with van der Waals surface area (Å²) in [7, 11) is 0. The number of amides is 1.